The van der Waals surface area contributed by atoms with Gasteiger partial charge in [0.1, 0.15) is 6.04 Å². The Balaban J connectivity index is 2.04. The Labute approximate surface area is 134 Å². The van der Waals surface area contributed by atoms with Crippen molar-refractivity contribution in [2.24, 2.45) is 5.73 Å². The Morgan fingerprint density at radius 1 is 1.00 bits per heavy atom. The number of benzene rings is 2. The monoisotopic (exact) mass is 314 g/mol. The van der Waals surface area contributed by atoms with Gasteiger partial charge in [0, 0.05) is 4.90 Å². The molecule has 0 heterocycles. The van der Waals surface area contributed by atoms with Crippen LogP contribution >= 0.6 is 11.8 Å². The van der Waals surface area contributed by atoms with E-state index in [0.717, 1.165) is 4.90 Å². The SMILES string of the molecule is C[C@@H](Sc1ccccc1)C(=O)N[C@H](C(N)=O)c1ccccc1. The van der Waals surface area contributed by atoms with Crippen LogP contribution in [0, 0.1) is 0 Å². The van der Waals surface area contributed by atoms with Crippen molar-refractivity contribution in [2.75, 3.05) is 0 Å². The van der Waals surface area contributed by atoms with E-state index in [4.69, 9.17) is 5.73 Å². The van der Waals surface area contributed by atoms with Crippen molar-refractivity contribution in [3.05, 3.63) is 66.2 Å². The number of carbonyl (C=O) groups excluding carboxylic acids is 2. The molecule has 2 rings (SSSR count). The summed E-state index contributed by atoms with van der Waals surface area (Å²) >= 11 is 1.44. The van der Waals surface area contributed by atoms with Gasteiger partial charge in [-0.05, 0) is 24.6 Å². The van der Waals surface area contributed by atoms with Crippen molar-refractivity contribution in [2.45, 2.75) is 23.1 Å². The molecule has 2 aromatic rings. The van der Waals surface area contributed by atoms with Crippen LogP contribution in [0.2, 0.25) is 0 Å². The largest absolute Gasteiger partial charge is 0.368 e. The zero-order valence-electron chi connectivity index (χ0n) is 12.2. The average Bonchev–Trinajstić information content (AvgIpc) is 2.53. The summed E-state index contributed by atoms with van der Waals surface area (Å²) in [5, 5.41) is 2.39. The van der Waals surface area contributed by atoms with Gasteiger partial charge in [0.15, 0.2) is 0 Å². The fourth-order valence-electron chi connectivity index (χ4n) is 1.98. The molecule has 0 saturated carbocycles. The fourth-order valence-corrected chi connectivity index (χ4v) is 2.88. The molecule has 2 atom stereocenters. The first kappa shape index (κ1) is 16.1. The molecule has 0 bridgehead atoms. The second-order valence-corrected chi connectivity index (χ2v) is 6.24. The normalized spacial score (nSPS) is 13.1. The highest BCUT2D eigenvalue weighted by Crippen LogP contribution is 2.23. The highest BCUT2D eigenvalue weighted by atomic mass is 32.2. The number of hydrogen-bond donors (Lipinski definition) is 2. The van der Waals surface area contributed by atoms with Crippen LogP contribution in [0.1, 0.15) is 18.5 Å². The van der Waals surface area contributed by atoms with E-state index in [1.807, 2.05) is 36.4 Å². The Morgan fingerprint density at radius 2 is 1.55 bits per heavy atom. The van der Waals surface area contributed by atoms with E-state index in [0.29, 0.717) is 5.56 Å². The van der Waals surface area contributed by atoms with Crippen LogP contribution < -0.4 is 11.1 Å². The molecular weight excluding hydrogens is 296 g/mol. The van der Waals surface area contributed by atoms with Gasteiger partial charge >= 0.3 is 0 Å². The molecule has 0 fully saturated rings. The summed E-state index contributed by atoms with van der Waals surface area (Å²) in [5.74, 6) is -0.794. The van der Waals surface area contributed by atoms with Crippen molar-refractivity contribution in [3.8, 4) is 0 Å². The van der Waals surface area contributed by atoms with E-state index in [9.17, 15) is 9.59 Å². The molecule has 3 N–H and O–H groups in total. The third-order valence-corrected chi connectivity index (χ3v) is 4.24. The van der Waals surface area contributed by atoms with Crippen LogP contribution in [0.3, 0.4) is 0 Å². The molecule has 2 amide bonds. The molecule has 0 saturated heterocycles. The number of nitrogens with two attached hydrogens (primary N) is 1. The zero-order chi connectivity index (χ0) is 15.9. The topological polar surface area (TPSA) is 72.2 Å². The minimum Gasteiger partial charge on any atom is -0.368 e. The fraction of sp³-hybridized carbons (Fsp3) is 0.176. The molecule has 2 aromatic carbocycles. The molecule has 0 aliphatic carbocycles. The Hall–Kier alpha value is -2.27. The maximum absolute atomic E-state index is 12.3. The number of hydrogen-bond acceptors (Lipinski definition) is 3. The predicted molar refractivity (Wildman–Crippen MR) is 88.3 cm³/mol. The third kappa shape index (κ3) is 4.36. The van der Waals surface area contributed by atoms with Crippen LogP contribution in [0.25, 0.3) is 0 Å². The molecule has 0 unspecified atom stereocenters. The summed E-state index contributed by atoms with van der Waals surface area (Å²) in [6, 6.07) is 17.8. The third-order valence-electron chi connectivity index (χ3n) is 3.13. The summed E-state index contributed by atoms with van der Waals surface area (Å²) in [7, 11) is 0. The molecule has 0 aliphatic heterocycles. The highest BCUT2D eigenvalue weighted by Gasteiger charge is 2.23. The Kier molecular flexibility index (Phi) is 5.61. The summed E-state index contributed by atoms with van der Waals surface area (Å²) in [5.41, 5.74) is 6.09. The second-order valence-electron chi connectivity index (χ2n) is 4.83. The first-order valence-corrected chi connectivity index (χ1v) is 7.82. The standard InChI is InChI=1S/C17H18N2O2S/c1-12(22-14-10-6-3-7-11-14)17(21)19-15(16(18)20)13-8-4-2-5-9-13/h2-12,15H,1H3,(H2,18,20)(H,19,21)/t12-,15+/m1/s1. The van der Waals surface area contributed by atoms with E-state index >= 15 is 0 Å². The molecule has 4 nitrogen and oxygen atoms in total. The van der Waals surface area contributed by atoms with Gasteiger partial charge in [-0.2, -0.15) is 0 Å². The van der Waals surface area contributed by atoms with Gasteiger partial charge in [-0.1, -0.05) is 48.5 Å². The minimum atomic E-state index is -0.812. The number of amides is 2. The zero-order valence-corrected chi connectivity index (χ0v) is 13.0. The van der Waals surface area contributed by atoms with Gasteiger partial charge in [-0.3, -0.25) is 9.59 Å². The van der Waals surface area contributed by atoms with Crippen LogP contribution in [0.15, 0.2) is 65.6 Å². The van der Waals surface area contributed by atoms with E-state index in [1.165, 1.54) is 11.8 Å². The predicted octanol–water partition coefficient (Wildman–Crippen LogP) is 2.51. The quantitative estimate of drug-likeness (QED) is 0.805. The maximum Gasteiger partial charge on any atom is 0.244 e. The molecular formula is C17H18N2O2S. The summed E-state index contributed by atoms with van der Waals surface area (Å²) in [6.45, 7) is 1.80. The van der Waals surface area contributed by atoms with Crippen molar-refractivity contribution in [1.29, 1.82) is 0 Å². The first-order chi connectivity index (χ1) is 10.6. The van der Waals surface area contributed by atoms with Crippen molar-refractivity contribution < 1.29 is 9.59 Å². The maximum atomic E-state index is 12.3. The molecule has 0 spiro atoms. The Morgan fingerprint density at radius 3 is 2.09 bits per heavy atom. The number of thioether (sulfide) groups is 1. The summed E-state index contributed by atoms with van der Waals surface area (Å²) < 4.78 is 0. The molecule has 0 aliphatic rings. The number of primary amides is 1. The lowest BCUT2D eigenvalue weighted by atomic mass is 10.1. The lowest BCUT2D eigenvalue weighted by molar-refractivity contribution is -0.127. The van der Waals surface area contributed by atoms with Gasteiger partial charge in [0.05, 0.1) is 5.25 Å². The van der Waals surface area contributed by atoms with Crippen molar-refractivity contribution >= 4 is 23.6 Å². The van der Waals surface area contributed by atoms with E-state index < -0.39 is 11.9 Å². The van der Waals surface area contributed by atoms with Gasteiger partial charge in [-0.25, -0.2) is 0 Å². The van der Waals surface area contributed by atoms with E-state index in [1.54, 1.807) is 31.2 Å². The van der Waals surface area contributed by atoms with E-state index in [-0.39, 0.29) is 11.2 Å². The van der Waals surface area contributed by atoms with Crippen molar-refractivity contribution in [1.82, 2.24) is 5.32 Å². The van der Waals surface area contributed by atoms with Crippen LogP contribution in [-0.4, -0.2) is 17.1 Å². The van der Waals surface area contributed by atoms with E-state index in [2.05, 4.69) is 5.32 Å². The van der Waals surface area contributed by atoms with Crippen LogP contribution in [-0.2, 0) is 9.59 Å². The van der Waals surface area contributed by atoms with Gasteiger partial charge in [-0.15, -0.1) is 11.8 Å². The van der Waals surface area contributed by atoms with Crippen molar-refractivity contribution in [3.63, 3.8) is 0 Å². The first-order valence-electron chi connectivity index (χ1n) is 6.94. The molecule has 5 heteroatoms. The average molecular weight is 314 g/mol. The number of nitrogens with one attached hydrogen (secondary N) is 1. The number of carbonyl (C=O) groups is 2. The Bertz CT molecular complexity index is 632. The second kappa shape index (κ2) is 7.66. The molecule has 22 heavy (non-hydrogen) atoms. The molecule has 114 valence electrons. The lowest BCUT2D eigenvalue weighted by Crippen LogP contribution is -2.40. The van der Waals surface area contributed by atoms with Gasteiger partial charge in [0.25, 0.3) is 0 Å². The smallest absolute Gasteiger partial charge is 0.244 e. The molecule has 0 aromatic heterocycles. The highest BCUT2D eigenvalue weighted by molar-refractivity contribution is 8.00. The number of rotatable bonds is 6. The summed E-state index contributed by atoms with van der Waals surface area (Å²) in [6.07, 6.45) is 0. The van der Waals surface area contributed by atoms with Gasteiger partial charge < -0.3 is 11.1 Å². The van der Waals surface area contributed by atoms with Crippen LogP contribution in [0.5, 0.6) is 0 Å². The lowest BCUT2D eigenvalue weighted by Gasteiger charge is -2.18. The van der Waals surface area contributed by atoms with Crippen LogP contribution in [0.4, 0.5) is 0 Å². The minimum absolute atomic E-state index is 0.221. The summed E-state index contributed by atoms with van der Waals surface area (Å²) in [4.78, 5) is 24.9. The van der Waals surface area contributed by atoms with Gasteiger partial charge in [0.2, 0.25) is 11.8 Å². The molecule has 0 radical (unpaired) electrons.